The fourth-order valence-corrected chi connectivity index (χ4v) is 3.87. The topological polar surface area (TPSA) is 76.3 Å². The van der Waals surface area contributed by atoms with Crippen LogP contribution in [0.1, 0.15) is 5.56 Å². The molecule has 148 valence electrons. The lowest BCUT2D eigenvalue weighted by atomic mass is 10.2. The smallest absolute Gasteiger partial charge is 0.262 e. The van der Waals surface area contributed by atoms with Gasteiger partial charge in [-0.25, -0.2) is 10.4 Å². The average Bonchev–Trinajstić information content (AvgIpc) is 3.22. The number of carbonyl (C=O) groups is 1. The first-order valence-electron chi connectivity index (χ1n) is 9.29. The largest absolute Gasteiger partial charge is 0.289 e. The molecule has 0 bridgehead atoms. The van der Waals surface area contributed by atoms with Crippen molar-refractivity contribution < 1.29 is 4.79 Å². The van der Waals surface area contributed by atoms with Crippen molar-refractivity contribution in [3.8, 4) is 10.4 Å². The average molecular weight is 414 g/mol. The lowest BCUT2D eigenvalue weighted by molar-refractivity contribution is -0.121. The maximum atomic E-state index is 12.7. The number of hydrazone groups is 1. The molecule has 0 radical (unpaired) electrons. The van der Waals surface area contributed by atoms with Gasteiger partial charge in [0.05, 0.1) is 11.7 Å². The molecule has 0 aliphatic carbocycles. The number of allylic oxidation sites excluding steroid dienone is 1. The molecule has 0 aliphatic rings. The van der Waals surface area contributed by atoms with Gasteiger partial charge < -0.3 is 0 Å². The van der Waals surface area contributed by atoms with Crippen molar-refractivity contribution in [3.05, 3.63) is 95.1 Å². The van der Waals surface area contributed by atoms with Crippen LogP contribution in [-0.4, -0.2) is 21.7 Å². The van der Waals surface area contributed by atoms with Crippen LogP contribution in [0.3, 0.4) is 0 Å². The van der Waals surface area contributed by atoms with Gasteiger partial charge in [0.15, 0.2) is 0 Å². The van der Waals surface area contributed by atoms with Crippen LogP contribution < -0.4 is 11.0 Å². The summed E-state index contributed by atoms with van der Waals surface area (Å²) in [5, 5.41) is 4.38. The fraction of sp³-hybridized carbons (Fsp3) is 0.0435. The molecule has 0 aliphatic heterocycles. The summed E-state index contributed by atoms with van der Waals surface area (Å²) in [6.45, 7) is -0.155. The highest BCUT2D eigenvalue weighted by Crippen LogP contribution is 2.30. The van der Waals surface area contributed by atoms with Crippen molar-refractivity contribution >= 4 is 39.8 Å². The van der Waals surface area contributed by atoms with Gasteiger partial charge in [0, 0.05) is 11.1 Å². The highest BCUT2D eigenvalue weighted by atomic mass is 32.1. The molecule has 6 nitrogen and oxygen atoms in total. The fourth-order valence-electron chi connectivity index (χ4n) is 2.88. The third-order valence-corrected chi connectivity index (χ3v) is 5.42. The molecule has 30 heavy (non-hydrogen) atoms. The SMILES string of the molecule is O=C(Cn1cnc2sc(-c3ccccc3)cc2c1=O)N/N=C\C=C\c1ccccc1. The van der Waals surface area contributed by atoms with Crippen LogP contribution in [0.15, 0.2) is 89.0 Å². The second-order valence-electron chi connectivity index (χ2n) is 6.46. The van der Waals surface area contributed by atoms with Crippen molar-refractivity contribution in [1.29, 1.82) is 0 Å². The number of nitrogens with one attached hydrogen (secondary N) is 1. The normalized spacial score (nSPS) is 11.5. The first kappa shape index (κ1) is 19.5. The summed E-state index contributed by atoms with van der Waals surface area (Å²) in [4.78, 5) is 30.8. The van der Waals surface area contributed by atoms with Crippen LogP contribution in [0.2, 0.25) is 0 Å². The van der Waals surface area contributed by atoms with E-state index in [1.54, 1.807) is 6.08 Å². The van der Waals surface area contributed by atoms with Crippen LogP contribution in [0.25, 0.3) is 26.7 Å². The molecule has 7 heteroatoms. The van der Waals surface area contributed by atoms with Crippen LogP contribution in [-0.2, 0) is 11.3 Å². The van der Waals surface area contributed by atoms with E-state index in [1.807, 2.05) is 72.8 Å². The molecule has 0 fully saturated rings. The molecule has 2 aromatic carbocycles. The summed E-state index contributed by atoms with van der Waals surface area (Å²) in [5.74, 6) is -0.402. The Kier molecular flexibility index (Phi) is 5.91. The minimum atomic E-state index is -0.402. The van der Waals surface area contributed by atoms with Crippen LogP contribution >= 0.6 is 11.3 Å². The standard InChI is InChI=1S/C23H18N4O2S/c28-21(26-25-13-7-10-17-8-3-1-4-9-17)15-27-16-24-22-19(23(27)29)14-20(30-22)18-11-5-2-6-12-18/h1-14,16H,15H2,(H,26,28)/b10-7+,25-13-. The first-order chi connectivity index (χ1) is 14.7. The summed E-state index contributed by atoms with van der Waals surface area (Å²) >= 11 is 1.45. The Bertz CT molecular complexity index is 1280. The first-order valence-corrected chi connectivity index (χ1v) is 10.1. The van der Waals surface area contributed by atoms with Crippen LogP contribution in [0.5, 0.6) is 0 Å². The maximum Gasteiger partial charge on any atom is 0.262 e. The Labute approximate surface area is 176 Å². The van der Waals surface area contributed by atoms with Gasteiger partial charge in [-0.15, -0.1) is 11.3 Å². The zero-order valence-corrected chi connectivity index (χ0v) is 16.8. The minimum absolute atomic E-state index is 0.155. The van der Waals surface area contributed by atoms with Gasteiger partial charge in [0.25, 0.3) is 11.5 Å². The van der Waals surface area contributed by atoms with Crippen LogP contribution in [0.4, 0.5) is 0 Å². The van der Waals surface area contributed by atoms with E-state index in [1.165, 1.54) is 28.4 Å². The monoisotopic (exact) mass is 414 g/mol. The summed E-state index contributed by atoms with van der Waals surface area (Å²) in [7, 11) is 0. The molecule has 4 rings (SSSR count). The number of carbonyl (C=O) groups excluding carboxylic acids is 1. The predicted octanol–water partition coefficient (Wildman–Crippen LogP) is 3.94. The molecular formula is C23H18N4O2S. The van der Waals surface area contributed by atoms with E-state index in [-0.39, 0.29) is 12.1 Å². The molecule has 4 aromatic rings. The molecule has 0 atom stereocenters. The maximum absolute atomic E-state index is 12.7. The second-order valence-corrected chi connectivity index (χ2v) is 7.49. The molecule has 0 saturated carbocycles. The van der Waals surface area contributed by atoms with E-state index in [4.69, 9.17) is 0 Å². The zero-order chi connectivity index (χ0) is 20.8. The Hall–Kier alpha value is -3.84. The molecule has 2 heterocycles. The molecule has 1 amide bonds. The van der Waals surface area contributed by atoms with Gasteiger partial charge in [-0.2, -0.15) is 5.10 Å². The number of nitrogens with zero attached hydrogens (tertiary/aromatic N) is 3. The molecule has 0 spiro atoms. The summed E-state index contributed by atoms with van der Waals surface area (Å²) in [6.07, 6.45) is 6.49. The molecular weight excluding hydrogens is 396 g/mol. The summed E-state index contributed by atoms with van der Waals surface area (Å²) < 4.78 is 1.29. The van der Waals surface area contributed by atoms with Crippen molar-refractivity contribution in [2.24, 2.45) is 5.10 Å². The van der Waals surface area contributed by atoms with Gasteiger partial charge in [0.2, 0.25) is 0 Å². The van der Waals surface area contributed by atoms with Gasteiger partial charge in [-0.05, 0) is 23.3 Å². The Morgan fingerprint density at radius 3 is 2.60 bits per heavy atom. The molecule has 0 unspecified atom stereocenters. The molecule has 2 aromatic heterocycles. The van der Waals surface area contributed by atoms with Crippen molar-refractivity contribution in [1.82, 2.24) is 15.0 Å². The number of thiophene rings is 1. The van der Waals surface area contributed by atoms with Crippen LogP contribution in [0, 0.1) is 0 Å². The van der Waals surface area contributed by atoms with Gasteiger partial charge in [-0.1, -0.05) is 66.7 Å². The van der Waals surface area contributed by atoms with Gasteiger partial charge in [-0.3, -0.25) is 14.2 Å². The Morgan fingerprint density at radius 1 is 1.10 bits per heavy atom. The molecule has 1 N–H and O–H groups in total. The highest BCUT2D eigenvalue weighted by molar-refractivity contribution is 7.21. The number of hydrogen-bond acceptors (Lipinski definition) is 5. The molecule has 0 saturated heterocycles. The predicted molar refractivity (Wildman–Crippen MR) is 121 cm³/mol. The Balaban J connectivity index is 1.42. The summed E-state index contributed by atoms with van der Waals surface area (Å²) in [5.41, 5.74) is 4.23. The van der Waals surface area contributed by atoms with Gasteiger partial charge in [0.1, 0.15) is 11.4 Å². The lowest BCUT2D eigenvalue weighted by Gasteiger charge is -2.03. The van der Waals surface area contributed by atoms with Crippen molar-refractivity contribution in [3.63, 3.8) is 0 Å². The van der Waals surface area contributed by atoms with E-state index < -0.39 is 5.91 Å². The van der Waals surface area contributed by atoms with E-state index in [0.29, 0.717) is 10.2 Å². The zero-order valence-electron chi connectivity index (χ0n) is 15.9. The van der Waals surface area contributed by atoms with Gasteiger partial charge >= 0.3 is 0 Å². The third kappa shape index (κ3) is 4.59. The number of rotatable bonds is 6. The van der Waals surface area contributed by atoms with E-state index in [2.05, 4.69) is 15.5 Å². The number of amides is 1. The minimum Gasteiger partial charge on any atom is -0.289 e. The second kappa shape index (κ2) is 9.11. The van der Waals surface area contributed by atoms with Crippen molar-refractivity contribution in [2.45, 2.75) is 6.54 Å². The van der Waals surface area contributed by atoms with E-state index >= 15 is 0 Å². The third-order valence-electron chi connectivity index (χ3n) is 4.33. The highest BCUT2D eigenvalue weighted by Gasteiger charge is 2.12. The Morgan fingerprint density at radius 2 is 1.83 bits per heavy atom. The number of benzene rings is 2. The lowest BCUT2D eigenvalue weighted by Crippen LogP contribution is -2.29. The quantitative estimate of drug-likeness (QED) is 0.384. The number of fused-ring (bicyclic) bond motifs is 1. The van der Waals surface area contributed by atoms with E-state index in [9.17, 15) is 9.59 Å². The number of aromatic nitrogens is 2. The van der Waals surface area contributed by atoms with Crippen molar-refractivity contribution in [2.75, 3.05) is 0 Å². The summed E-state index contributed by atoms with van der Waals surface area (Å²) in [6, 6.07) is 21.4. The van der Waals surface area contributed by atoms with E-state index in [0.717, 1.165) is 16.0 Å². The number of hydrogen-bond donors (Lipinski definition) is 1.